The van der Waals surface area contributed by atoms with Crippen LogP contribution >= 0.6 is 0 Å². The van der Waals surface area contributed by atoms with Gasteiger partial charge in [-0.25, -0.2) is 4.68 Å². The van der Waals surface area contributed by atoms with Gasteiger partial charge in [-0.05, 0) is 19.8 Å². The average Bonchev–Trinajstić information content (AvgIpc) is 2.57. The van der Waals surface area contributed by atoms with Gasteiger partial charge in [0, 0.05) is 35.4 Å². The molecule has 0 bridgehead atoms. The number of nitrogens with zero attached hydrogens (tertiary/aromatic N) is 3. The van der Waals surface area contributed by atoms with Crippen LogP contribution in [0.25, 0.3) is 0 Å². The highest BCUT2D eigenvalue weighted by molar-refractivity contribution is 7.85. The third kappa shape index (κ3) is 2.53. The van der Waals surface area contributed by atoms with E-state index in [1.807, 2.05) is 0 Å². The molecule has 0 spiro atoms. The molecular weight excluding hydrogens is 256 g/mol. The number of aromatic nitrogens is 2. The molecule has 1 aromatic heterocycles. The number of anilines is 1. The molecule has 2 rings (SSSR count). The van der Waals surface area contributed by atoms with Crippen molar-refractivity contribution in [3.63, 3.8) is 0 Å². The molecule has 0 radical (unpaired) electrons. The Morgan fingerprint density at radius 2 is 2.11 bits per heavy atom. The first-order valence-corrected chi connectivity index (χ1v) is 7.27. The van der Waals surface area contributed by atoms with Gasteiger partial charge in [0.15, 0.2) is 0 Å². The number of nitro groups is 1. The predicted octanol–water partition coefficient (Wildman–Crippen LogP) is 0.960. The number of hydrogen-bond donors (Lipinski definition) is 1. The second kappa shape index (κ2) is 5.05. The van der Waals surface area contributed by atoms with Gasteiger partial charge in [-0.3, -0.25) is 14.3 Å². The summed E-state index contributed by atoms with van der Waals surface area (Å²) in [4.78, 5) is 10.6. The van der Waals surface area contributed by atoms with Crippen molar-refractivity contribution in [1.82, 2.24) is 9.78 Å². The van der Waals surface area contributed by atoms with Gasteiger partial charge in [-0.2, -0.15) is 5.10 Å². The highest BCUT2D eigenvalue weighted by atomic mass is 32.2. The van der Waals surface area contributed by atoms with Crippen molar-refractivity contribution in [3.05, 3.63) is 15.8 Å². The van der Waals surface area contributed by atoms with Gasteiger partial charge < -0.3 is 5.32 Å². The molecule has 2 heterocycles. The van der Waals surface area contributed by atoms with E-state index >= 15 is 0 Å². The maximum Gasteiger partial charge on any atom is 0.333 e. The Balaban J connectivity index is 2.18. The van der Waals surface area contributed by atoms with Crippen LogP contribution in [-0.4, -0.2) is 36.5 Å². The predicted molar refractivity (Wildman–Crippen MR) is 69.1 cm³/mol. The lowest BCUT2D eigenvalue weighted by Gasteiger charge is -2.22. The van der Waals surface area contributed by atoms with Gasteiger partial charge in [-0.15, -0.1) is 0 Å². The molecule has 1 aromatic rings. The SMILES string of the molecule is Cc1nn(C)c(NC2CCS(=O)CC2)c1[N+](=O)[O-]. The van der Waals surface area contributed by atoms with Crippen LogP contribution in [0.15, 0.2) is 0 Å². The zero-order chi connectivity index (χ0) is 13.3. The van der Waals surface area contributed by atoms with Gasteiger partial charge >= 0.3 is 5.69 Å². The Bertz CT molecular complexity index is 490. The van der Waals surface area contributed by atoms with Gasteiger partial charge in [0.05, 0.1) is 4.92 Å². The van der Waals surface area contributed by atoms with Crippen molar-refractivity contribution >= 4 is 22.3 Å². The fourth-order valence-corrected chi connectivity index (χ4v) is 3.46. The van der Waals surface area contributed by atoms with E-state index < -0.39 is 15.7 Å². The Hall–Kier alpha value is -1.44. The van der Waals surface area contributed by atoms with E-state index in [0.29, 0.717) is 23.0 Å². The van der Waals surface area contributed by atoms with Crippen molar-refractivity contribution in [2.24, 2.45) is 7.05 Å². The van der Waals surface area contributed by atoms with Gasteiger partial charge in [0.2, 0.25) is 5.82 Å². The summed E-state index contributed by atoms with van der Waals surface area (Å²) < 4.78 is 12.8. The monoisotopic (exact) mass is 272 g/mol. The van der Waals surface area contributed by atoms with E-state index in [-0.39, 0.29) is 11.7 Å². The van der Waals surface area contributed by atoms with E-state index in [1.165, 1.54) is 4.68 Å². The zero-order valence-corrected chi connectivity index (χ0v) is 11.2. The average molecular weight is 272 g/mol. The smallest absolute Gasteiger partial charge is 0.333 e. The molecule has 100 valence electrons. The number of nitrogens with one attached hydrogen (secondary N) is 1. The van der Waals surface area contributed by atoms with Crippen molar-refractivity contribution in [1.29, 1.82) is 0 Å². The molecule has 7 nitrogen and oxygen atoms in total. The summed E-state index contributed by atoms with van der Waals surface area (Å²) in [6.07, 6.45) is 1.54. The number of hydrogen-bond acceptors (Lipinski definition) is 5. The maximum atomic E-state index is 11.3. The molecule has 18 heavy (non-hydrogen) atoms. The Kier molecular flexibility index (Phi) is 3.65. The molecule has 8 heteroatoms. The fraction of sp³-hybridized carbons (Fsp3) is 0.700. The van der Waals surface area contributed by atoms with Crippen LogP contribution in [0.5, 0.6) is 0 Å². The molecule has 0 atom stereocenters. The van der Waals surface area contributed by atoms with E-state index in [9.17, 15) is 14.3 Å². The summed E-state index contributed by atoms with van der Waals surface area (Å²) in [5.74, 6) is 1.75. The second-order valence-electron chi connectivity index (χ2n) is 4.43. The lowest BCUT2D eigenvalue weighted by Crippen LogP contribution is -2.30. The summed E-state index contributed by atoms with van der Waals surface area (Å²) in [5.41, 5.74) is 0.439. The molecule has 0 amide bonds. The summed E-state index contributed by atoms with van der Waals surface area (Å²) in [7, 11) is 0.954. The van der Waals surface area contributed by atoms with Gasteiger partial charge in [0.25, 0.3) is 0 Å². The molecule has 0 unspecified atom stereocenters. The van der Waals surface area contributed by atoms with Crippen LogP contribution in [-0.2, 0) is 17.8 Å². The van der Waals surface area contributed by atoms with E-state index in [1.54, 1.807) is 14.0 Å². The topological polar surface area (TPSA) is 90.1 Å². The summed E-state index contributed by atoms with van der Waals surface area (Å²) >= 11 is 0. The minimum Gasteiger partial charge on any atom is -0.362 e. The zero-order valence-electron chi connectivity index (χ0n) is 10.4. The van der Waals surface area contributed by atoms with Crippen LogP contribution in [0.3, 0.4) is 0 Å². The van der Waals surface area contributed by atoms with Crippen molar-refractivity contribution in [2.45, 2.75) is 25.8 Å². The Morgan fingerprint density at radius 1 is 1.50 bits per heavy atom. The Morgan fingerprint density at radius 3 is 2.67 bits per heavy atom. The molecular formula is C10H16N4O3S. The minimum atomic E-state index is -0.729. The molecule has 1 fully saturated rings. The van der Waals surface area contributed by atoms with Crippen LogP contribution < -0.4 is 5.32 Å². The normalized spacial score (nSPS) is 23.9. The summed E-state index contributed by atoms with van der Waals surface area (Å²) in [5, 5.41) is 18.2. The lowest BCUT2D eigenvalue weighted by molar-refractivity contribution is -0.384. The van der Waals surface area contributed by atoms with Gasteiger partial charge in [-0.1, -0.05) is 0 Å². The van der Waals surface area contributed by atoms with E-state index in [2.05, 4.69) is 10.4 Å². The molecule has 0 aromatic carbocycles. The highest BCUT2D eigenvalue weighted by Crippen LogP contribution is 2.29. The minimum absolute atomic E-state index is 0.0317. The number of aryl methyl sites for hydroxylation is 2. The third-order valence-electron chi connectivity index (χ3n) is 3.10. The first-order chi connectivity index (χ1) is 8.49. The van der Waals surface area contributed by atoms with Crippen LogP contribution in [0, 0.1) is 17.0 Å². The van der Waals surface area contributed by atoms with Crippen molar-refractivity contribution in [2.75, 3.05) is 16.8 Å². The standard InChI is InChI=1S/C10H16N4O3S/c1-7-9(14(15)16)10(13(2)12-7)11-8-3-5-18(17)6-4-8/h8,11H,3-6H2,1-2H3. The van der Waals surface area contributed by atoms with Crippen molar-refractivity contribution in [3.8, 4) is 0 Å². The molecule has 1 N–H and O–H groups in total. The first-order valence-electron chi connectivity index (χ1n) is 5.78. The van der Waals surface area contributed by atoms with Crippen molar-refractivity contribution < 1.29 is 9.13 Å². The first kappa shape index (κ1) is 13.0. The quantitative estimate of drug-likeness (QED) is 0.653. The summed E-state index contributed by atoms with van der Waals surface area (Å²) in [6, 6.07) is 0.135. The number of rotatable bonds is 3. The molecule has 0 aliphatic carbocycles. The fourth-order valence-electron chi connectivity index (χ4n) is 2.16. The molecule has 1 saturated heterocycles. The largest absolute Gasteiger partial charge is 0.362 e. The highest BCUT2D eigenvalue weighted by Gasteiger charge is 2.27. The lowest BCUT2D eigenvalue weighted by atomic mass is 10.1. The van der Waals surface area contributed by atoms with Crippen LogP contribution in [0.2, 0.25) is 0 Å². The van der Waals surface area contributed by atoms with E-state index in [4.69, 9.17) is 0 Å². The van der Waals surface area contributed by atoms with Crippen LogP contribution in [0.4, 0.5) is 11.5 Å². The van der Waals surface area contributed by atoms with Gasteiger partial charge in [0.1, 0.15) is 5.69 Å². The molecule has 0 saturated carbocycles. The van der Waals surface area contributed by atoms with E-state index in [0.717, 1.165) is 12.8 Å². The molecule has 1 aliphatic rings. The summed E-state index contributed by atoms with van der Waals surface area (Å²) in [6.45, 7) is 1.62. The molecule has 1 aliphatic heterocycles. The second-order valence-corrected chi connectivity index (χ2v) is 6.13. The van der Waals surface area contributed by atoms with Crippen LogP contribution in [0.1, 0.15) is 18.5 Å². The third-order valence-corrected chi connectivity index (χ3v) is 4.48. The maximum absolute atomic E-state index is 11.3. The Labute approximate surface area is 107 Å².